The molecule has 0 saturated carbocycles. The summed E-state index contributed by atoms with van der Waals surface area (Å²) in [6, 6.07) is 23.6. The van der Waals surface area contributed by atoms with Crippen molar-refractivity contribution in [3.8, 4) is 9.75 Å². The molecule has 2 aromatic carbocycles. The number of rotatable bonds is 14. The van der Waals surface area contributed by atoms with E-state index >= 15 is 0 Å². The van der Waals surface area contributed by atoms with Crippen LogP contribution in [0.2, 0.25) is 0 Å². The molecule has 236 valence electrons. The maximum atomic E-state index is 2.53. The standard InChI is InChI=1S/C38H54S5/c1-9-11-13-21-27-31-35-33(39-37(31)41(3,4)5)34-36(32(28-22-14-12-10-2)38(40-34)42(6,7)8)43(35,29-23-17-15-18-24-29)30-25-19-16-20-26-30/h15-20,23-26H,9-14,21-22,27-28H2,1-8H3. The summed E-state index contributed by atoms with van der Waals surface area (Å²) in [5.74, 6) is 0. The molecule has 0 amide bonds. The van der Waals surface area contributed by atoms with Gasteiger partial charge in [-0.15, -0.1) is 32.7 Å². The van der Waals surface area contributed by atoms with E-state index < -0.39 is 30.1 Å². The van der Waals surface area contributed by atoms with Crippen molar-refractivity contribution >= 4 is 52.8 Å². The first-order chi connectivity index (χ1) is 20.6. The second-order valence-electron chi connectivity index (χ2n) is 13.6. The van der Waals surface area contributed by atoms with Gasteiger partial charge in [0, 0.05) is 28.0 Å². The highest BCUT2D eigenvalue weighted by Crippen LogP contribution is 2.85. The molecule has 0 bridgehead atoms. The molecule has 2 aromatic heterocycles. The minimum Gasteiger partial charge on any atom is -0.214 e. The van der Waals surface area contributed by atoms with Crippen molar-refractivity contribution in [3.05, 3.63) is 71.8 Å². The molecular weight excluding hydrogens is 617 g/mol. The van der Waals surface area contributed by atoms with E-state index in [0.29, 0.717) is 0 Å². The molecule has 1 aliphatic heterocycles. The average molecular weight is 671 g/mol. The van der Waals surface area contributed by atoms with Gasteiger partial charge in [-0.25, -0.2) is 20.1 Å². The molecule has 0 nitrogen and oxygen atoms in total. The summed E-state index contributed by atoms with van der Waals surface area (Å²) in [6.07, 6.45) is 28.2. The number of fused-ring (bicyclic) bond motifs is 3. The Bertz CT molecular complexity index is 1380. The van der Waals surface area contributed by atoms with Crippen LogP contribution in [-0.4, -0.2) is 37.5 Å². The first kappa shape index (κ1) is 33.3. The number of unbranched alkanes of at least 4 members (excludes halogenated alkanes) is 6. The predicted molar refractivity (Wildman–Crippen MR) is 204 cm³/mol. The lowest BCUT2D eigenvalue weighted by atomic mass is 10.1. The second kappa shape index (κ2) is 13.7. The van der Waals surface area contributed by atoms with Crippen molar-refractivity contribution in [2.45, 2.75) is 106 Å². The van der Waals surface area contributed by atoms with Crippen LogP contribution in [0.3, 0.4) is 0 Å². The monoisotopic (exact) mass is 670 g/mol. The van der Waals surface area contributed by atoms with Crippen molar-refractivity contribution in [2.24, 2.45) is 0 Å². The van der Waals surface area contributed by atoms with Crippen molar-refractivity contribution in [1.29, 1.82) is 0 Å². The number of thiophene rings is 2. The fraction of sp³-hybridized carbons (Fsp3) is 0.474. The highest BCUT2D eigenvalue weighted by Gasteiger charge is 2.50. The summed E-state index contributed by atoms with van der Waals surface area (Å²) in [5.41, 5.74) is 3.46. The van der Waals surface area contributed by atoms with Crippen LogP contribution in [0.4, 0.5) is 0 Å². The van der Waals surface area contributed by atoms with Crippen LogP contribution in [0.1, 0.15) is 76.3 Å². The van der Waals surface area contributed by atoms with Crippen molar-refractivity contribution in [2.75, 3.05) is 37.5 Å². The Morgan fingerprint density at radius 1 is 0.512 bits per heavy atom. The van der Waals surface area contributed by atoms with Gasteiger partial charge in [0.15, 0.2) is 0 Å². The predicted octanol–water partition coefficient (Wildman–Crippen LogP) is 13.5. The van der Waals surface area contributed by atoms with Crippen LogP contribution in [0.25, 0.3) is 9.75 Å². The third-order valence-electron chi connectivity index (χ3n) is 8.53. The molecular formula is C38H54S5. The molecule has 0 unspecified atom stereocenters. The summed E-state index contributed by atoms with van der Waals surface area (Å²) in [5, 5.41) is 0. The molecule has 0 N–H and O–H groups in total. The van der Waals surface area contributed by atoms with E-state index in [1.807, 2.05) is 0 Å². The van der Waals surface area contributed by atoms with Crippen LogP contribution in [-0.2, 0) is 12.8 Å². The molecule has 0 spiro atoms. The van der Waals surface area contributed by atoms with Gasteiger partial charge in [-0.3, -0.25) is 0 Å². The van der Waals surface area contributed by atoms with E-state index in [-0.39, 0.29) is 0 Å². The number of hydrogen-bond acceptors (Lipinski definition) is 2. The highest BCUT2D eigenvalue weighted by molar-refractivity contribution is 8.35. The van der Waals surface area contributed by atoms with Crippen LogP contribution in [0.15, 0.2) is 88.7 Å². The molecule has 0 fully saturated rings. The van der Waals surface area contributed by atoms with Gasteiger partial charge in [0.1, 0.15) is 0 Å². The van der Waals surface area contributed by atoms with Crippen molar-refractivity contribution in [3.63, 3.8) is 0 Å². The van der Waals surface area contributed by atoms with Gasteiger partial charge >= 0.3 is 0 Å². The van der Waals surface area contributed by atoms with Crippen molar-refractivity contribution < 1.29 is 0 Å². The minimum atomic E-state index is -1.62. The summed E-state index contributed by atoms with van der Waals surface area (Å²) in [6.45, 7) is 4.67. The van der Waals surface area contributed by atoms with Gasteiger partial charge in [0.2, 0.25) is 0 Å². The van der Waals surface area contributed by atoms with Gasteiger partial charge in [0.05, 0.1) is 9.75 Å². The molecule has 0 radical (unpaired) electrons. The third-order valence-corrected chi connectivity index (χ3v) is 21.3. The smallest absolute Gasteiger partial charge is 0.0599 e. The molecule has 0 atom stereocenters. The minimum absolute atomic E-state index is 0.882. The van der Waals surface area contributed by atoms with E-state index in [0.717, 1.165) is 0 Å². The van der Waals surface area contributed by atoms with Crippen molar-refractivity contribution in [1.82, 2.24) is 0 Å². The van der Waals surface area contributed by atoms with Crippen LogP contribution in [0, 0.1) is 0 Å². The third kappa shape index (κ3) is 6.32. The van der Waals surface area contributed by atoms with E-state index in [9.17, 15) is 0 Å². The van der Waals surface area contributed by atoms with E-state index in [1.165, 1.54) is 74.0 Å². The normalized spacial score (nSPS) is 15.7. The maximum Gasteiger partial charge on any atom is 0.0599 e. The number of benzene rings is 2. The summed E-state index contributed by atoms with van der Waals surface area (Å²) in [4.78, 5) is 9.80. The Morgan fingerprint density at radius 3 is 1.21 bits per heavy atom. The van der Waals surface area contributed by atoms with Gasteiger partial charge in [-0.2, -0.15) is 0 Å². The summed E-state index contributed by atoms with van der Waals surface area (Å²) >= 11 is 4.39. The zero-order valence-corrected chi connectivity index (χ0v) is 32.0. The molecule has 5 heteroatoms. The highest BCUT2D eigenvalue weighted by atomic mass is 32.3. The first-order valence-corrected chi connectivity index (χ1v) is 25.2. The zero-order chi connectivity index (χ0) is 30.8. The van der Waals surface area contributed by atoms with Crippen LogP contribution in [0.5, 0.6) is 0 Å². The zero-order valence-electron chi connectivity index (χ0n) is 27.9. The van der Waals surface area contributed by atoms with Crippen LogP contribution < -0.4 is 0 Å². The summed E-state index contributed by atoms with van der Waals surface area (Å²) < 4.78 is 3.43. The van der Waals surface area contributed by atoms with Crippen LogP contribution >= 0.6 is 52.8 Å². The Kier molecular flexibility index (Phi) is 10.6. The largest absolute Gasteiger partial charge is 0.214 e. The average Bonchev–Trinajstić information content (AvgIpc) is 3.63. The molecule has 43 heavy (non-hydrogen) atoms. The van der Waals surface area contributed by atoms with Gasteiger partial charge in [-0.05, 0) is 98.6 Å². The summed E-state index contributed by atoms with van der Waals surface area (Å²) in [7, 11) is -3.38. The molecule has 5 rings (SSSR count). The Hall–Kier alpha value is -1.11. The lowest BCUT2D eigenvalue weighted by Gasteiger charge is -2.41. The molecule has 1 aliphatic rings. The van der Waals surface area contributed by atoms with Gasteiger partial charge in [-0.1, -0.05) is 88.8 Å². The van der Waals surface area contributed by atoms with Gasteiger partial charge in [0.25, 0.3) is 0 Å². The molecule has 4 aromatic rings. The first-order valence-electron chi connectivity index (χ1n) is 16.2. The molecule has 0 aliphatic carbocycles. The Morgan fingerprint density at radius 2 is 0.884 bits per heavy atom. The van der Waals surface area contributed by atoms with Gasteiger partial charge < -0.3 is 0 Å². The lowest BCUT2D eigenvalue weighted by Crippen LogP contribution is -2.08. The second-order valence-corrected chi connectivity index (χ2v) is 27.3. The molecule has 3 heterocycles. The fourth-order valence-corrected chi connectivity index (χ4v) is 19.0. The quantitative estimate of drug-likeness (QED) is 0.103. The van der Waals surface area contributed by atoms with E-state index in [1.54, 1.807) is 39.1 Å². The SMILES string of the molecule is CCCCCCc1c(S(C)(C)C)sc2c1S(c1ccccc1)(c1ccccc1)c1c-2sc(S(C)(C)C)c1CCCCCC. The fourth-order valence-electron chi connectivity index (χ4n) is 6.64. The maximum absolute atomic E-state index is 2.53. The topological polar surface area (TPSA) is 0 Å². The lowest BCUT2D eigenvalue weighted by molar-refractivity contribution is 0.660. The molecule has 0 saturated heterocycles. The number of hydrogen-bond donors (Lipinski definition) is 0. The Balaban J connectivity index is 1.90. The Labute approximate surface area is 276 Å². The van der Waals surface area contributed by atoms with E-state index in [4.69, 9.17) is 0 Å². The van der Waals surface area contributed by atoms with E-state index in [2.05, 4.69) is 135 Å².